The van der Waals surface area contributed by atoms with Gasteiger partial charge in [0.15, 0.2) is 0 Å². The van der Waals surface area contributed by atoms with E-state index in [0.717, 1.165) is 44.9 Å². The maximum absolute atomic E-state index is 12.1. The molecule has 0 atom stereocenters. The van der Waals surface area contributed by atoms with Gasteiger partial charge in [-0.15, -0.1) is 0 Å². The summed E-state index contributed by atoms with van der Waals surface area (Å²) in [4.78, 5) is 28.2. The zero-order chi connectivity index (χ0) is 18.1. The van der Waals surface area contributed by atoms with Gasteiger partial charge in [0.2, 0.25) is 5.91 Å². The molecule has 1 aromatic carbocycles. The predicted octanol–water partition coefficient (Wildman–Crippen LogP) is 0.308. The Morgan fingerprint density at radius 1 is 1.16 bits per heavy atom. The molecule has 25 heavy (non-hydrogen) atoms. The van der Waals surface area contributed by atoms with Gasteiger partial charge in [0, 0.05) is 51.3 Å². The van der Waals surface area contributed by atoms with Gasteiger partial charge in [-0.25, -0.2) is 0 Å². The van der Waals surface area contributed by atoms with E-state index in [1.165, 1.54) is 0 Å². The lowest BCUT2D eigenvalue weighted by molar-refractivity contribution is -0.133. The molecule has 1 aliphatic heterocycles. The molecular weight excluding hydrogens is 320 g/mol. The maximum atomic E-state index is 12.1. The van der Waals surface area contributed by atoms with Crippen LogP contribution in [0.1, 0.15) is 23.2 Å². The highest BCUT2D eigenvalue weighted by atomic mass is 16.5. The number of hydrogen-bond acceptors (Lipinski definition) is 5. The van der Waals surface area contributed by atoms with Crippen LogP contribution in [0.15, 0.2) is 24.3 Å². The van der Waals surface area contributed by atoms with Crippen LogP contribution in [0.5, 0.6) is 5.75 Å². The van der Waals surface area contributed by atoms with E-state index in [2.05, 4.69) is 10.2 Å². The van der Waals surface area contributed by atoms with Crippen LogP contribution in [0, 0.1) is 0 Å². The third-order valence-corrected chi connectivity index (χ3v) is 4.39. The Morgan fingerprint density at radius 3 is 2.44 bits per heavy atom. The highest BCUT2D eigenvalue weighted by Crippen LogP contribution is 2.11. The van der Waals surface area contributed by atoms with E-state index in [9.17, 15) is 9.59 Å². The second kappa shape index (κ2) is 10.0. The van der Waals surface area contributed by atoms with Crippen LogP contribution in [0.2, 0.25) is 0 Å². The largest absolute Gasteiger partial charge is 0.497 e. The van der Waals surface area contributed by atoms with Crippen LogP contribution >= 0.6 is 0 Å². The topological polar surface area (TPSA) is 87.9 Å². The number of benzene rings is 1. The highest BCUT2D eigenvalue weighted by Gasteiger charge is 2.20. The van der Waals surface area contributed by atoms with Crippen molar-refractivity contribution in [1.82, 2.24) is 15.1 Å². The van der Waals surface area contributed by atoms with Gasteiger partial charge in [-0.3, -0.25) is 14.5 Å². The van der Waals surface area contributed by atoms with Gasteiger partial charge < -0.3 is 20.7 Å². The molecule has 138 valence electrons. The highest BCUT2D eigenvalue weighted by molar-refractivity contribution is 5.94. The first kappa shape index (κ1) is 19.2. The first-order chi connectivity index (χ1) is 12.1. The van der Waals surface area contributed by atoms with Gasteiger partial charge in [0.1, 0.15) is 5.75 Å². The molecule has 7 heteroatoms. The SMILES string of the molecule is COc1ccc(C(=O)NCCN2CCN(C(=O)CCCN)CC2)cc1. The second-order valence-corrected chi connectivity index (χ2v) is 6.10. The molecule has 0 saturated carbocycles. The third kappa shape index (κ3) is 6.03. The molecule has 0 aliphatic carbocycles. The summed E-state index contributed by atoms with van der Waals surface area (Å²) in [5.41, 5.74) is 6.07. The zero-order valence-electron chi connectivity index (χ0n) is 14.9. The molecule has 0 spiro atoms. The third-order valence-electron chi connectivity index (χ3n) is 4.39. The number of methoxy groups -OCH3 is 1. The summed E-state index contributed by atoms with van der Waals surface area (Å²) in [7, 11) is 1.60. The van der Waals surface area contributed by atoms with E-state index in [1.807, 2.05) is 4.90 Å². The number of amides is 2. The number of nitrogens with one attached hydrogen (secondary N) is 1. The summed E-state index contributed by atoms with van der Waals surface area (Å²) in [5.74, 6) is 0.839. The smallest absolute Gasteiger partial charge is 0.251 e. The molecule has 2 rings (SSSR count). The standard InChI is InChI=1S/C18H28N4O3/c1-25-16-6-4-15(5-7-16)18(24)20-9-10-21-11-13-22(14-12-21)17(23)3-2-8-19/h4-7H,2-3,8-14,19H2,1H3,(H,20,24). The molecule has 3 N–H and O–H groups in total. The molecule has 7 nitrogen and oxygen atoms in total. The Hall–Kier alpha value is -2.12. The fraction of sp³-hybridized carbons (Fsp3) is 0.556. The number of carbonyl (C=O) groups excluding carboxylic acids is 2. The first-order valence-corrected chi connectivity index (χ1v) is 8.76. The Morgan fingerprint density at radius 2 is 1.84 bits per heavy atom. The van der Waals surface area contributed by atoms with Gasteiger partial charge >= 0.3 is 0 Å². The van der Waals surface area contributed by atoms with Crippen LogP contribution in [0.4, 0.5) is 0 Å². The molecule has 1 heterocycles. The molecule has 0 radical (unpaired) electrons. The predicted molar refractivity (Wildman–Crippen MR) is 96.6 cm³/mol. The summed E-state index contributed by atoms with van der Waals surface area (Å²) in [6, 6.07) is 7.05. The van der Waals surface area contributed by atoms with Crippen molar-refractivity contribution in [3.63, 3.8) is 0 Å². The quantitative estimate of drug-likeness (QED) is 0.706. The fourth-order valence-electron chi connectivity index (χ4n) is 2.80. The minimum atomic E-state index is -0.0850. The zero-order valence-corrected chi connectivity index (χ0v) is 14.9. The van der Waals surface area contributed by atoms with Crippen molar-refractivity contribution in [3.05, 3.63) is 29.8 Å². The summed E-state index contributed by atoms with van der Waals surface area (Å²) < 4.78 is 5.08. The summed E-state index contributed by atoms with van der Waals surface area (Å²) >= 11 is 0. The number of carbonyl (C=O) groups is 2. The first-order valence-electron chi connectivity index (χ1n) is 8.76. The van der Waals surface area contributed by atoms with Crippen molar-refractivity contribution < 1.29 is 14.3 Å². The van der Waals surface area contributed by atoms with Crippen LogP contribution in [0.25, 0.3) is 0 Å². The molecule has 1 fully saturated rings. The van der Waals surface area contributed by atoms with Crippen LogP contribution in [-0.4, -0.2) is 74.5 Å². The van der Waals surface area contributed by atoms with Crippen molar-refractivity contribution in [2.24, 2.45) is 5.73 Å². The molecule has 2 amide bonds. The Kier molecular flexibility index (Phi) is 7.69. The van der Waals surface area contributed by atoms with Crippen LogP contribution in [-0.2, 0) is 4.79 Å². The van der Waals surface area contributed by atoms with E-state index < -0.39 is 0 Å². The molecular formula is C18H28N4O3. The maximum Gasteiger partial charge on any atom is 0.251 e. The molecule has 1 aliphatic rings. The Bertz CT molecular complexity index is 554. The van der Waals surface area contributed by atoms with Crippen LogP contribution in [0.3, 0.4) is 0 Å². The number of ether oxygens (including phenoxy) is 1. The lowest BCUT2D eigenvalue weighted by atomic mass is 10.2. The van der Waals surface area contributed by atoms with Crippen LogP contribution < -0.4 is 15.8 Å². The van der Waals surface area contributed by atoms with Gasteiger partial charge in [-0.2, -0.15) is 0 Å². The van der Waals surface area contributed by atoms with E-state index in [1.54, 1.807) is 31.4 Å². The lowest BCUT2D eigenvalue weighted by Crippen LogP contribution is -2.50. The van der Waals surface area contributed by atoms with Gasteiger partial charge in [0.25, 0.3) is 5.91 Å². The van der Waals surface area contributed by atoms with Gasteiger partial charge in [-0.05, 0) is 37.2 Å². The van der Waals surface area contributed by atoms with Crippen molar-refractivity contribution in [2.45, 2.75) is 12.8 Å². The number of piperazine rings is 1. The second-order valence-electron chi connectivity index (χ2n) is 6.10. The fourth-order valence-corrected chi connectivity index (χ4v) is 2.80. The number of nitrogens with zero attached hydrogens (tertiary/aromatic N) is 2. The van der Waals surface area contributed by atoms with E-state index in [-0.39, 0.29) is 11.8 Å². The summed E-state index contributed by atoms with van der Waals surface area (Å²) in [5, 5.41) is 2.93. The van der Waals surface area contributed by atoms with Crippen molar-refractivity contribution in [1.29, 1.82) is 0 Å². The molecule has 0 unspecified atom stereocenters. The molecule has 0 bridgehead atoms. The average Bonchev–Trinajstić information content (AvgIpc) is 2.66. The normalized spacial score (nSPS) is 15.0. The van der Waals surface area contributed by atoms with Gasteiger partial charge in [0.05, 0.1) is 7.11 Å². The van der Waals surface area contributed by atoms with E-state index >= 15 is 0 Å². The molecule has 1 saturated heterocycles. The van der Waals surface area contributed by atoms with Gasteiger partial charge in [-0.1, -0.05) is 0 Å². The number of hydrogen-bond donors (Lipinski definition) is 2. The Labute approximate surface area is 149 Å². The Balaban J connectivity index is 1.65. The summed E-state index contributed by atoms with van der Waals surface area (Å²) in [6.07, 6.45) is 1.28. The number of rotatable bonds is 8. The minimum absolute atomic E-state index is 0.0850. The minimum Gasteiger partial charge on any atom is -0.497 e. The van der Waals surface area contributed by atoms with E-state index in [4.69, 9.17) is 10.5 Å². The molecule has 0 aromatic heterocycles. The van der Waals surface area contributed by atoms with Crippen molar-refractivity contribution >= 4 is 11.8 Å². The van der Waals surface area contributed by atoms with E-state index in [0.29, 0.717) is 25.1 Å². The molecule has 1 aromatic rings. The average molecular weight is 348 g/mol. The lowest BCUT2D eigenvalue weighted by Gasteiger charge is -2.34. The monoisotopic (exact) mass is 348 g/mol. The summed E-state index contributed by atoms with van der Waals surface area (Å²) in [6.45, 7) is 5.10. The van der Waals surface area contributed by atoms with Crippen molar-refractivity contribution in [2.75, 3.05) is 52.9 Å². The van der Waals surface area contributed by atoms with Crippen molar-refractivity contribution in [3.8, 4) is 5.75 Å². The number of nitrogens with two attached hydrogens (primary N) is 1.